The Morgan fingerprint density at radius 2 is 1.95 bits per heavy atom. The lowest BCUT2D eigenvalue weighted by Gasteiger charge is -2.47. The van der Waals surface area contributed by atoms with Gasteiger partial charge in [-0.25, -0.2) is 4.79 Å². The molecular weight excluding hydrogens is 240 g/mol. The first-order valence-electron chi connectivity index (χ1n) is 6.69. The molecule has 1 aliphatic heterocycles. The zero-order valence-electron chi connectivity index (χ0n) is 11.8. The van der Waals surface area contributed by atoms with Gasteiger partial charge < -0.3 is 15.3 Å². The lowest BCUT2D eigenvalue weighted by atomic mass is 9.78. The molecule has 2 unspecified atom stereocenters. The number of rotatable bonds is 1. The minimum Gasteiger partial charge on any atom is -0.465 e. The Morgan fingerprint density at radius 1 is 1.32 bits per heavy atom. The molecule has 4 nitrogen and oxygen atoms in total. The first-order chi connectivity index (χ1) is 8.91. The number of hydrogen-bond donors (Lipinski definition) is 2. The summed E-state index contributed by atoms with van der Waals surface area (Å²) in [5.74, 6) is 0. The molecule has 0 aliphatic carbocycles. The zero-order chi connectivity index (χ0) is 14.0. The normalized spacial score (nSPS) is 24.3. The van der Waals surface area contributed by atoms with E-state index in [2.05, 4.69) is 38.2 Å². The highest BCUT2D eigenvalue weighted by atomic mass is 16.4. The monoisotopic (exact) mass is 262 g/mol. The molecule has 2 rings (SSSR count). The second-order valence-electron chi connectivity index (χ2n) is 6.13. The second kappa shape index (κ2) is 5.21. The van der Waals surface area contributed by atoms with E-state index in [0.717, 1.165) is 5.56 Å². The summed E-state index contributed by atoms with van der Waals surface area (Å²) in [7, 11) is 0. The Labute approximate surface area is 114 Å². The van der Waals surface area contributed by atoms with Crippen molar-refractivity contribution in [2.75, 3.05) is 13.1 Å². The van der Waals surface area contributed by atoms with Crippen LogP contribution >= 0.6 is 0 Å². The van der Waals surface area contributed by atoms with Gasteiger partial charge >= 0.3 is 6.09 Å². The Kier molecular flexibility index (Phi) is 3.80. The van der Waals surface area contributed by atoms with Crippen LogP contribution in [0.2, 0.25) is 0 Å². The summed E-state index contributed by atoms with van der Waals surface area (Å²) in [5, 5.41) is 12.9. The number of nitrogens with zero attached hydrogens (tertiary/aromatic N) is 1. The highest BCUT2D eigenvalue weighted by Gasteiger charge is 2.42. The predicted molar refractivity (Wildman–Crippen MR) is 75.2 cm³/mol. The van der Waals surface area contributed by atoms with Gasteiger partial charge in [0.15, 0.2) is 0 Å². The van der Waals surface area contributed by atoms with Crippen molar-refractivity contribution in [3.8, 4) is 0 Å². The number of hydrogen-bond acceptors (Lipinski definition) is 2. The number of nitrogens with one attached hydrogen (secondary N) is 1. The molecule has 19 heavy (non-hydrogen) atoms. The molecular formula is C15H22N2O2. The standard InChI is InChI=1S/C15H22N2O2/c1-15(2,3)13-12(11-7-5-4-6-8-11)16-9-10-17(13)14(18)19/h4-8,12-13,16H,9-10H2,1-3H3,(H,18,19). The summed E-state index contributed by atoms with van der Waals surface area (Å²) in [5.41, 5.74) is 1.03. The molecule has 0 aromatic heterocycles. The van der Waals surface area contributed by atoms with Crippen molar-refractivity contribution in [1.29, 1.82) is 0 Å². The lowest BCUT2D eigenvalue weighted by molar-refractivity contribution is 0.0409. The van der Waals surface area contributed by atoms with Crippen LogP contribution in [0.5, 0.6) is 0 Å². The molecule has 1 aliphatic rings. The van der Waals surface area contributed by atoms with Gasteiger partial charge in [0.2, 0.25) is 0 Å². The quantitative estimate of drug-likeness (QED) is 0.818. The van der Waals surface area contributed by atoms with Gasteiger partial charge in [-0.15, -0.1) is 0 Å². The fourth-order valence-electron chi connectivity index (χ4n) is 2.91. The van der Waals surface area contributed by atoms with E-state index in [1.807, 2.05) is 18.2 Å². The third kappa shape index (κ3) is 2.89. The Hall–Kier alpha value is -1.55. The Balaban J connectivity index is 2.38. The zero-order valence-corrected chi connectivity index (χ0v) is 11.8. The first kappa shape index (κ1) is 13.9. The van der Waals surface area contributed by atoms with Crippen LogP contribution in [0.3, 0.4) is 0 Å². The van der Waals surface area contributed by atoms with Crippen molar-refractivity contribution in [2.45, 2.75) is 32.9 Å². The Morgan fingerprint density at radius 3 is 2.47 bits per heavy atom. The first-order valence-corrected chi connectivity index (χ1v) is 6.69. The number of piperazine rings is 1. The molecule has 0 spiro atoms. The van der Waals surface area contributed by atoms with Crippen molar-refractivity contribution in [2.24, 2.45) is 5.41 Å². The largest absolute Gasteiger partial charge is 0.465 e. The summed E-state index contributed by atoms with van der Waals surface area (Å²) in [4.78, 5) is 13.1. The van der Waals surface area contributed by atoms with Gasteiger partial charge in [0.25, 0.3) is 0 Å². The molecule has 1 amide bonds. The van der Waals surface area contributed by atoms with Crippen molar-refractivity contribution >= 4 is 6.09 Å². The van der Waals surface area contributed by atoms with Gasteiger partial charge in [0.05, 0.1) is 12.1 Å². The Bertz CT molecular complexity index is 439. The van der Waals surface area contributed by atoms with Gasteiger partial charge in [-0.3, -0.25) is 0 Å². The maximum Gasteiger partial charge on any atom is 0.407 e. The van der Waals surface area contributed by atoms with Gasteiger partial charge in [0, 0.05) is 13.1 Å². The van der Waals surface area contributed by atoms with Crippen molar-refractivity contribution in [1.82, 2.24) is 10.2 Å². The van der Waals surface area contributed by atoms with Crippen LogP contribution < -0.4 is 5.32 Å². The van der Waals surface area contributed by atoms with E-state index in [1.54, 1.807) is 4.90 Å². The van der Waals surface area contributed by atoms with E-state index in [9.17, 15) is 9.90 Å². The van der Waals surface area contributed by atoms with Crippen molar-refractivity contribution in [3.05, 3.63) is 35.9 Å². The fraction of sp³-hybridized carbons (Fsp3) is 0.533. The van der Waals surface area contributed by atoms with Gasteiger partial charge in [-0.1, -0.05) is 51.1 Å². The molecule has 0 saturated carbocycles. The minimum atomic E-state index is -0.831. The van der Waals surface area contributed by atoms with Crippen LogP contribution in [0.15, 0.2) is 30.3 Å². The average Bonchev–Trinajstić information content (AvgIpc) is 2.38. The van der Waals surface area contributed by atoms with Gasteiger partial charge in [-0.05, 0) is 11.0 Å². The highest BCUT2D eigenvalue weighted by Crippen LogP contribution is 2.36. The molecule has 0 radical (unpaired) electrons. The minimum absolute atomic E-state index is 0.0473. The molecule has 104 valence electrons. The van der Waals surface area contributed by atoms with E-state index in [-0.39, 0.29) is 17.5 Å². The number of carboxylic acid groups (broad SMARTS) is 1. The molecule has 1 aromatic carbocycles. The molecule has 1 saturated heterocycles. The van der Waals surface area contributed by atoms with Crippen molar-refractivity contribution < 1.29 is 9.90 Å². The maximum absolute atomic E-state index is 11.5. The number of carbonyl (C=O) groups is 1. The van der Waals surface area contributed by atoms with Gasteiger partial charge in [0.1, 0.15) is 0 Å². The summed E-state index contributed by atoms with van der Waals surface area (Å²) in [6.45, 7) is 7.52. The molecule has 1 heterocycles. The highest BCUT2D eigenvalue weighted by molar-refractivity contribution is 5.66. The summed E-state index contributed by atoms with van der Waals surface area (Å²) in [6.07, 6.45) is -0.831. The van der Waals surface area contributed by atoms with Crippen LogP contribution in [0.1, 0.15) is 32.4 Å². The summed E-state index contributed by atoms with van der Waals surface area (Å²) in [6, 6.07) is 10.1. The number of amides is 1. The smallest absolute Gasteiger partial charge is 0.407 e. The molecule has 2 N–H and O–H groups in total. The van der Waals surface area contributed by atoms with E-state index in [1.165, 1.54) is 0 Å². The van der Waals surface area contributed by atoms with E-state index >= 15 is 0 Å². The van der Waals surface area contributed by atoms with Crippen LogP contribution in [0, 0.1) is 5.41 Å². The van der Waals surface area contributed by atoms with Crippen LogP contribution in [-0.2, 0) is 0 Å². The molecule has 1 aromatic rings. The third-order valence-electron chi connectivity index (χ3n) is 3.66. The van der Waals surface area contributed by atoms with Crippen LogP contribution in [-0.4, -0.2) is 35.2 Å². The molecule has 1 fully saturated rings. The predicted octanol–water partition coefficient (Wildman–Crippen LogP) is 2.73. The molecule has 4 heteroatoms. The fourth-order valence-corrected chi connectivity index (χ4v) is 2.91. The van der Waals surface area contributed by atoms with Crippen molar-refractivity contribution in [3.63, 3.8) is 0 Å². The van der Waals surface area contributed by atoms with Crippen LogP contribution in [0.25, 0.3) is 0 Å². The van der Waals surface area contributed by atoms with Crippen LogP contribution in [0.4, 0.5) is 4.79 Å². The molecule has 0 bridgehead atoms. The van der Waals surface area contributed by atoms with Gasteiger partial charge in [-0.2, -0.15) is 0 Å². The second-order valence-corrected chi connectivity index (χ2v) is 6.13. The van der Waals surface area contributed by atoms with E-state index in [0.29, 0.717) is 13.1 Å². The third-order valence-corrected chi connectivity index (χ3v) is 3.66. The van der Waals surface area contributed by atoms with E-state index in [4.69, 9.17) is 0 Å². The summed E-state index contributed by atoms with van der Waals surface area (Å²) < 4.78 is 0. The number of benzene rings is 1. The summed E-state index contributed by atoms with van der Waals surface area (Å²) >= 11 is 0. The average molecular weight is 262 g/mol. The lowest BCUT2D eigenvalue weighted by Crippen LogP contribution is -2.59. The SMILES string of the molecule is CC(C)(C)C1C(c2ccccc2)NCCN1C(=O)O. The molecule has 2 atom stereocenters. The van der Waals surface area contributed by atoms with E-state index < -0.39 is 6.09 Å². The maximum atomic E-state index is 11.5. The topological polar surface area (TPSA) is 52.6 Å².